The fourth-order valence-electron chi connectivity index (χ4n) is 4.39. The largest absolute Gasteiger partial charge is 0.412 e. The first kappa shape index (κ1) is 18.1. The number of rotatable bonds is 3. The molecule has 3 aromatic heterocycles. The van der Waals surface area contributed by atoms with Gasteiger partial charge in [0.05, 0.1) is 36.4 Å². The molecular weight excluding hydrogens is 394 g/mol. The summed E-state index contributed by atoms with van der Waals surface area (Å²) in [6, 6.07) is 11.9. The third kappa shape index (κ3) is 2.82. The minimum Gasteiger partial charge on any atom is -0.410 e. The second-order valence-corrected chi connectivity index (χ2v) is 7.62. The molecule has 7 nitrogen and oxygen atoms in total. The first-order valence-electron chi connectivity index (χ1n) is 10.2. The van der Waals surface area contributed by atoms with Crippen LogP contribution in [-0.4, -0.2) is 40.3 Å². The summed E-state index contributed by atoms with van der Waals surface area (Å²) in [6.07, 6.45) is 5.59. The minimum absolute atomic E-state index is 0.133. The number of pyridine rings is 2. The number of aliphatic hydroxyl groups excluding tert-OH is 1. The summed E-state index contributed by atoms with van der Waals surface area (Å²) in [5.41, 5.74) is 3.82. The van der Waals surface area contributed by atoms with Crippen molar-refractivity contribution in [3.05, 3.63) is 59.6 Å². The predicted molar refractivity (Wildman–Crippen MR) is 118 cm³/mol. The number of amides is 1. The molecule has 5 aromatic rings. The van der Waals surface area contributed by atoms with Crippen molar-refractivity contribution in [3.63, 3.8) is 0 Å². The summed E-state index contributed by atoms with van der Waals surface area (Å²) in [5, 5.41) is 16.4. The molecule has 0 unspecified atom stereocenters. The number of aromatic nitrogens is 2. The average molecular weight is 413 g/mol. The van der Waals surface area contributed by atoms with Gasteiger partial charge in [0.2, 0.25) is 0 Å². The van der Waals surface area contributed by atoms with Gasteiger partial charge in [0, 0.05) is 40.7 Å². The van der Waals surface area contributed by atoms with Gasteiger partial charge in [-0.1, -0.05) is 24.3 Å². The summed E-state index contributed by atoms with van der Waals surface area (Å²) in [6.45, 7) is 1.17. The van der Waals surface area contributed by atoms with E-state index in [0.29, 0.717) is 19.0 Å². The highest BCUT2D eigenvalue weighted by molar-refractivity contribution is 6.23. The third-order valence-electron chi connectivity index (χ3n) is 5.75. The van der Waals surface area contributed by atoms with Gasteiger partial charge in [-0.05, 0) is 28.8 Å². The normalized spacial score (nSPS) is 13.6. The van der Waals surface area contributed by atoms with Crippen molar-refractivity contribution in [1.82, 2.24) is 14.7 Å². The van der Waals surface area contributed by atoms with E-state index in [1.165, 1.54) is 0 Å². The highest BCUT2D eigenvalue weighted by Crippen LogP contribution is 2.39. The Bertz CT molecular complexity index is 1550. The summed E-state index contributed by atoms with van der Waals surface area (Å²) in [4.78, 5) is 17.2. The van der Waals surface area contributed by atoms with E-state index in [1.54, 1.807) is 0 Å². The highest BCUT2D eigenvalue weighted by atomic mass is 16.6. The number of nitrogens with zero attached hydrogens (tertiary/aromatic N) is 2. The maximum atomic E-state index is 12.2. The van der Waals surface area contributed by atoms with E-state index in [-0.39, 0.29) is 13.2 Å². The quantitative estimate of drug-likeness (QED) is 0.475. The van der Waals surface area contributed by atoms with Crippen molar-refractivity contribution in [2.24, 2.45) is 0 Å². The van der Waals surface area contributed by atoms with Crippen LogP contribution in [0, 0.1) is 0 Å². The Morgan fingerprint density at radius 1 is 1.23 bits per heavy atom. The Morgan fingerprint density at radius 2 is 2.16 bits per heavy atom. The van der Waals surface area contributed by atoms with Gasteiger partial charge in [-0.25, -0.2) is 9.78 Å². The smallest absolute Gasteiger partial charge is 0.410 e. The first-order chi connectivity index (χ1) is 15.2. The standard InChI is InChI=1S/C24H19N3O4/c28-8-7-25-24(29)31-20-5-4-14-2-1-3-18-21(14)22(20)17-12-27-11-16-13-30-9-6-15(16)10-19(27)23(17)26-18/h1-6,10-12,28H,7-9,13H2,(H,25,29). The predicted octanol–water partition coefficient (Wildman–Crippen LogP) is 2.90. The van der Waals surface area contributed by atoms with E-state index in [0.717, 1.165) is 48.9 Å². The maximum absolute atomic E-state index is 12.2. The van der Waals surface area contributed by atoms with E-state index in [1.807, 2.05) is 36.5 Å². The number of hydrogen-bond donors (Lipinski definition) is 2. The molecule has 0 saturated carbocycles. The molecule has 1 aliphatic rings. The minimum atomic E-state index is -0.600. The fourth-order valence-corrected chi connectivity index (χ4v) is 4.39. The molecule has 0 atom stereocenters. The molecule has 0 aliphatic carbocycles. The number of carbonyl (C=O) groups excluding carboxylic acids is 1. The van der Waals surface area contributed by atoms with Crippen LogP contribution in [0.1, 0.15) is 5.56 Å². The number of hydrogen-bond acceptors (Lipinski definition) is 5. The lowest BCUT2D eigenvalue weighted by molar-refractivity contribution is 0.150. The van der Waals surface area contributed by atoms with Gasteiger partial charge in [0.1, 0.15) is 5.75 Å². The number of benzene rings is 2. The van der Waals surface area contributed by atoms with Gasteiger partial charge < -0.3 is 24.3 Å². The molecule has 0 bridgehead atoms. The van der Waals surface area contributed by atoms with Crippen molar-refractivity contribution in [1.29, 1.82) is 0 Å². The zero-order valence-electron chi connectivity index (χ0n) is 16.6. The third-order valence-corrected chi connectivity index (χ3v) is 5.75. The highest BCUT2D eigenvalue weighted by Gasteiger charge is 2.18. The Labute approximate surface area is 176 Å². The van der Waals surface area contributed by atoms with Crippen LogP contribution in [0.3, 0.4) is 0 Å². The number of carbonyl (C=O) groups is 1. The molecule has 31 heavy (non-hydrogen) atoms. The molecule has 1 amide bonds. The molecule has 0 saturated heterocycles. The zero-order chi connectivity index (χ0) is 20.9. The average Bonchev–Trinajstić information content (AvgIpc) is 3.14. The lowest BCUT2D eigenvalue weighted by Crippen LogP contribution is -2.29. The van der Waals surface area contributed by atoms with Gasteiger partial charge in [-0.15, -0.1) is 0 Å². The molecule has 2 N–H and O–H groups in total. The zero-order valence-corrected chi connectivity index (χ0v) is 16.6. The van der Waals surface area contributed by atoms with Gasteiger partial charge >= 0.3 is 6.09 Å². The summed E-state index contributed by atoms with van der Waals surface area (Å²) >= 11 is 0. The van der Waals surface area contributed by atoms with E-state index in [4.69, 9.17) is 19.6 Å². The van der Waals surface area contributed by atoms with Crippen LogP contribution in [0.5, 0.6) is 5.75 Å². The molecule has 7 heteroatoms. The van der Waals surface area contributed by atoms with E-state index in [2.05, 4.69) is 28.1 Å². The Balaban J connectivity index is 1.68. The van der Waals surface area contributed by atoms with Crippen LogP contribution in [0.4, 0.5) is 4.79 Å². The monoisotopic (exact) mass is 413 g/mol. The number of nitrogens with one attached hydrogen (secondary N) is 1. The fraction of sp³-hybridized carbons (Fsp3) is 0.167. The SMILES string of the molecule is O=C(NCCO)Oc1ccc2cccc3nc4c(cn5cc6c(cc45)=CCOC6)c1c23. The second kappa shape index (κ2) is 6.94. The maximum Gasteiger partial charge on any atom is 0.412 e. The van der Waals surface area contributed by atoms with Crippen molar-refractivity contribution in [2.45, 2.75) is 6.61 Å². The van der Waals surface area contributed by atoms with Crippen molar-refractivity contribution >= 4 is 50.3 Å². The van der Waals surface area contributed by atoms with Crippen molar-refractivity contribution in [3.8, 4) is 5.75 Å². The number of fused-ring (bicyclic) bond motifs is 5. The van der Waals surface area contributed by atoms with Crippen molar-refractivity contribution < 1.29 is 19.4 Å². The molecule has 0 radical (unpaired) electrons. The Morgan fingerprint density at radius 3 is 3.06 bits per heavy atom. The van der Waals surface area contributed by atoms with Gasteiger partial charge in [-0.3, -0.25) is 0 Å². The molecule has 154 valence electrons. The molecule has 4 heterocycles. The van der Waals surface area contributed by atoms with Gasteiger partial charge in [0.15, 0.2) is 0 Å². The van der Waals surface area contributed by atoms with Crippen LogP contribution in [0.25, 0.3) is 44.2 Å². The Kier molecular flexibility index (Phi) is 4.05. The molecule has 2 aromatic carbocycles. The van der Waals surface area contributed by atoms with E-state index in [9.17, 15) is 4.79 Å². The van der Waals surface area contributed by atoms with Gasteiger partial charge in [0.25, 0.3) is 0 Å². The summed E-state index contributed by atoms with van der Waals surface area (Å²) in [7, 11) is 0. The molecular formula is C24H19N3O4. The van der Waals surface area contributed by atoms with Gasteiger partial charge in [-0.2, -0.15) is 0 Å². The topological polar surface area (TPSA) is 85.1 Å². The van der Waals surface area contributed by atoms with Crippen LogP contribution >= 0.6 is 0 Å². The summed E-state index contributed by atoms with van der Waals surface area (Å²) < 4.78 is 13.3. The van der Waals surface area contributed by atoms with E-state index >= 15 is 0 Å². The summed E-state index contributed by atoms with van der Waals surface area (Å²) in [5.74, 6) is 0.460. The van der Waals surface area contributed by atoms with Crippen molar-refractivity contribution in [2.75, 3.05) is 19.8 Å². The Hall–Kier alpha value is -3.68. The lowest BCUT2D eigenvalue weighted by atomic mass is 10.0. The molecule has 0 fully saturated rings. The molecule has 1 aliphatic heterocycles. The van der Waals surface area contributed by atoms with Crippen LogP contribution in [0.2, 0.25) is 0 Å². The number of ether oxygens (including phenoxy) is 2. The molecule has 6 rings (SSSR count). The van der Waals surface area contributed by atoms with Crippen LogP contribution in [-0.2, 0) is 11.3 Å². The lowest BCUT2D eigenvalue weighted by Gasteiger charge is -2.12. The number of aliphatic hydroxyl groups is 1. The van der Waals surface area contributed by atoms with E-state index < -0.39 is 6.09 Å². The first-order valence-corrected chi connectivity index (χ1v) is 10.2. The molecule has 0 spiro atoms. The van der Waals surface area contributed by atoms with Crippen LogP contribution in [0.15, 0.2) is 48.8 Å². The van der Waals surface area contributed by atoms with Crippen LogP contribution < -0.4 is 15.3 Å². The second-order valence-electron chi connectivity index (χ2n) is 7.62.